The molecule has 2 amide bonds. The summed E-state index contributed by atoms with van der Waals surface area (Å²) in [7, 11) is 0. The normalized spacial score (nSPS) is 28.7. The van der Waals surface area contributed by atoms with Crippen LogP contribution in [0, 0.1) is 23.1 Å². The van der Waals surface area contributed by atoms with Gasteiger partial charge in [0.15, 0.2) is 0 Å². The van der Waals surface area contributed by atoms with E-state index in [1.165, 1.54) is 44.2 Å². The highest BCUT2D eigenvalue weighted by Crippen LogP contribution is 2.48. The van der Waals surface area contributed by atoms with E-state index in [4.69, 9.17) is 4.74 Å². The second kappa shape index (κ2) is 10.3. The first-order valence-corrected chi connectivity index (χ1v) is 14.0. The van der Waals surface area contributed by atoms with E-state index in [9.17, 15) is 14.0 Å². The maximum atomic E-state index is 13.8. The monoisotopic (exact) mass is 499 g/mol. The average molecular weight is 500 g/mol. The van der Waals surface area contributed by atoms with E-state index in [1.54, 1.807) is 0 Å². The van der Waals surface area contributed by atoms with Gasteiger partial charge in [0.1, 0.15) is 12.4 Å². The summed E-state index contributed by atoms with van der Waals surface area (Å²) in [6, 6.07) is 6.69. The number of ether oxygens (including phenoxy) is 1. The summed E-state index contributed by atoms with van der Waals surface area (Å²) in [5.41, 5.74) is 0.806. The largest absolute Gasteiger partial charge is 0.447 e. The summed E-state index contributed by atoms with van der Waals surface area (Å²) < 4.78 is 19.0. The van der Waals surface area contributed by atoms with Gasteiger partial charge in [-0.25, -0.2) is 9.18 Å². The number of piperidine rings is 2. The summed E-state index contributed by atoms with van der Waals surface area (Å²) in [4.78, 5) is 30.5. The van der Waals surface area contributed by atoms with E-state index in [-0.39, 0.29) is 40.6 Å². The fourth-order valence-corrected chi connectivity index (χ4v) is 7.28. The van der Waals surface area contributed by atoms with Gasteiger partial charge in [0, 0.05) is 26.2 Å². The van der Waals surface area contributed by atoms with Crippen molar-refractivity contribution >= 4 is 12.0 Å². The Morgan fingerprint density at radius 2 is 1.78 bits per heavy atom. The summed E-state index contributed by atoms with van der Waals surface area (Å²) >= 11 is 0. The van der Waals surface area contributed by atoms with Gasteiger partial charge in [-0.3, -0.25) is 9.69 Å². The summed E-state index contributed by atoms with van der Waals surface area (Å²) in [5, 5.41) is 3.42. The first-order chi connectivity index (χ1) is 17.3. The molecule has 6 nitrogen and oxygen atoms in total. The van der Waals surface area contributed by atoms with E-state index in [0.29, 0.717) is 19.1 Å². The Morgan fingerprint density at radius 3 is 2.42 bits per heavy atom. The van der Waals surface area contributed by atoms with Crippen LogP contribution in [0.4, 0.5) is 9.18 Å². The van der Waals surface area contributed by atoms with Crippen molar-refractivity contribution in [3.63, 3.8) is 0 Å². The Labute approximate surface area is 214 Å². The molecule has 4 aliphatic rings. The molecule has 3 saturated heterocycles. The zero-order valence-electron chi connectivity index (χ0n) is 21.9. The zero-order chi connectivity index (χ0) is 25.3. The molecule has 198 valence electrons. The van der Waals surface area contributed by atoms with Crippen molar-refractivity contribution < 1.29 is 18.7 Å². The fraction of sp³-hybridized carbons (Fsp3) is 0.724. The molecule has 0 bridgehead atoms. The number of hydrogen-bond donors (Lipinski definition) is 1. The summed E-state index contributed by atoms with van der Waals surface area (Å²) in [5.74, 6) is 0.560. The van der Waals surface area contributed by atoms with Gasteiger partial charge in [-0.15, -0.1) is 0 Å². The number of nitrogens with one attached hydrogen (secondary N) is 1. The second-order valence-corrected chi connectivity index (χ2v) is 12.2. The highest BCUT2D eigenvalue weighted by atomic mass is 19.1. The molecular formula is C29H42FN3O3. The smallest absolute Gasteiger partial charge is 0.410 e. The highest BCUT2D eigenvalue weighted by Gasteiger charge is 2.50. The molecule has 0 radical (unpaired) electrons. The van der Waals surface area contributed by atoms with Gasteiger partial charge < -0.3 is 15.0 Å². The summed E-state index contributed by atoms with van der Waals surface area (Å²) in [6.45, 7) is 8.38. The molecule has 1 aromatic rings. The van der Waals surface area contributed by atoms with Crippen LogP contribution in [-0.2, 0) is 9.53 Å². The Morgan fingerprint density at radius 1 is 1.08 bits per heavy atom. The Bertz CT molecular complexity index is 936. The Hall–Kier alpha value is -2.15. The lowest BCUT2D eigenvalue weighted by Gasteiger charge is -2.51. The number of amides is 2. The molecule has 36 heavy (non-hydrogen) atoms. The molecule has 2 atom stereocenters. The fourth-order valence-electron chi connectivity index (χ4n) is 7.28. The maximum absolute atomic E-state index is 13.8. The minimum Gasteiger partial charge on any atom is -0.447 e. The van der Waals surface area contributed by atoms with Crippen molar-refractivity contribution in [1.29, 1.82) is 0 Å². The van der Waals surface area contributed by atoms with E-state index in [1.807, 2.05) is 17.0 Å². The third-order valence-electron chi connectivity index (χ3n) is 9.61. The Balaban J connectivity index is 1.31. The first kappa shape index (κ1) is 25.5. The van der Waals surface area contributed by atoms with Crippen molar-refractivity contribution in [3.05, 3.63) is 35.6 Å². The number of halogens is 1. The molecule has 3 aliphatic heterocycles. The predicted octanol–water partition coefficient (Wildman–Crippen LogP) is 4.94. The summed E-state index contributed by atoms with van der Waals surface area (Å²) in [6.07, 6.45) is 8.82. The second-order valence-electron chi connectivity index (χ2n) is 12.2. The van der Waals surface area contributed by atoms with Crippen LogP contribution in [-0.4, -0.2) is 66.7 Å². The average Bonchev–Trinajstić information content (AvgIpc) is 3.16. The number of benzene rings is 1. The number of likely N-dealkylation sites (tertiary alicyclic amines) is 1. The molecule has 4 fully saturated rings. The molecule has 7 heteroatoms. The van der Waals surface area contributed by atoms with Crippen molar-refractivity contribution in [2.24, 2.45) is 17.3 Å². The van der Waals surface area contributed by atoms with E-state index in [2.05, 4.69) is 24.1 Å². The lowest BCUT2D eigenvalue weighted by molar-refractivity contribution is -0.140. The van der Waals surface area contributed by atoms with E-state index < -0.39 is 0 Å². The number of carbonyl (C=O) groups is 2. The number of rotatable bonds is 5. The van der Waals surface area contributed by atoms with Gasteiger partial charge in [-0.2, -0.15) is 0 Å². The predicted molar refractivity (Wildman–Crippen MR) is 137 cm³/mol. The van der Waals surface area contributed by atoms with Crippen LogP contribution in [0.2, 0.25) is 0 Å². The van der Waals surface area contributed by atoms with Gasteiger partial charge in [-0.1, -0.05) is 31.4 Å². The number of cyclic esters (lactones) is 1. The standard InChI is InChI=1S/C29H42FN3O3/c1-28(2)20-36-27(35)33(28)19-29(22-6-4-3-5-7-22)13-16-32(17-14-29)26(34)25-18-31-15-12-24(25)21-8-10-23(30)11-9-21/h8-11,22,24-25,31H,3-7,12-20H2,1-2H3/t24-,25+/m1/s1. The minimum absolute atomic E-state index is 0.0407. The zero-order valence-corrected chi connectivity index (χ0v) is 21.9. The Kier molecular flexibility index (Phi) is 7.30. The third-order valence-corrected chi connectivity index (χ3v) is 9.61. The topological polar surface area (TPSA) is 61.9 Å². The molecule has 3 heterocycles. The number of carbonyl (C=O) groups excluding carboxylic acids is 2. The van der Waals surface area contributed by atoms with Crippen LogP contribution in [0.25, 0.3) is 0 Å². The van der Waals surface area contributed by atoms with Gasteiger partial charge in [0.2, 0.25) is 5.91 Å². The van der Waals surface area contributed by atoms with E-state index >= 15 is 0 Å². The van der Waals surface area contributed by atoms with Crippen molar-refractivity contribution in [2.75, 3.05) is 39.3 Å². The SMILES string of the molecule is CC1(C)COC(=O)N1CC1(C2CCCCC2)CCN(C(=O)[C@H]2CNCC[C@@H]2c2ccc(F)cc2)CC1. The molecule has 0 aromatic heterocycles. The van der Waals surface area contributed by atoms with Crippen LogP contribution >= 0.6 is 0 Å². The molecule has 0 unspecified atom stereocenters. The first-order valence-electron chi connectivity index (χ1n) is 14.0. The lowest BCUT2D eigenvalue weighted by atomic mass is 9.63. The van der Waals surface area contributed by atoms with Crippen molar-refractivity contribution in [1.82, 2.24) is 15.1 Å². The molecular weight excluding hydrogens is 457 g/mol. The third kappa shape index (κ3) is 5.00. The van der Waals surface area contributed by atoms with Crippen molar-refractivity contribution in [2.45, 2.75) is 76.7 Å². The van der Waals surface area contributed by atoms with E-state index in [0.717, 1.165) is 51.0 Å². The molecule has 5 rings (SSSR count). The molecule has 1 aromatic carbocycles. The minimum atomic E-state index is -0.290. The number of nitrogens with zero attached hydrogens (tertiary/aromatic N) is 2. The molecule has 1 saturated carbocycles. The van der Waals surface area contributed by atoms with Gasteiger partial charge in [0.25, 0.3) is 0 Å². The molecule has 1 N–H and O–H groups in total. The quantitative estimate of drug-likeness (QED) is 0.624. The van der Waals surface area contributed by atoms with Crippen molar-refractivity contribution in [3.8, 4) is 0 Å². The lowest BCUT2D eigenvalue weighted by Crippen LogP contribution is -2.56. The van der Waals surface area contributed by atoms with Gasteiger partial charge in [-0.05, 0) is 87.4 Å². The molecule has 0 spiro atoms. The molecule has 1 aliphatic carbocycles. The van der Waals surface area contributed by atoms with Crippen LogP contribution < -0.4 is 5.32 Å². The van der Waals surface area contributed by atoms with Crippen LogP contribution in [0.15, 0.2) is 24.3 Å². The van der Waals surface area contributed by atoms with Crippen LogP contribution in [0.1, 0.15) is 76.7 Å². The van der Waals surface area contributed by atoms with Crippen LogP contribution in [0.3, 0.4) is 0 Å². The van der Waals surface area contributed by atoms with Gasteiger partial charge >= 0.3 is 6.09 Å². The van der Waals surface area contributed by atoms with Crippen LogP contribution in [0.5, 0.6) is 0 Å². The number of hydrogen-bond acceptors (Lipinski definition) is 4. The van der Waals surface area contributed by atoms with Gasteiger partial charge in [0.05, 0.1) is 11.5 Å². The maximum Gasteiger partial charge on any atom is 0.410 e. The highest BCUT2D eigenvalue weighted by molar-refractivity contribution is 5.80.